The molecule has 0 aromatic carbocycles. The van der Waals surface area contributed by atoms with Gasteiger partial charge in [-0.05, 0) is 62.2 Å². The van der Waals surface area contributed by atoms with Crippen molar-refractivity contribution >= 4 is 5.91 Å². The molecule has 4 fully saturated rings. The Morgan fingerprint density at radius 2 is 1.94 bits per heavy atom. The Labute approximate surface area is 103 Å². The minimum absolute atomic E-state index is 0.00725. The van der Waals surface area contributed by atoms with Gasteiger partial charge in [-0.3, -0.25) is 4.79 Å². The Kier molecular flexibility index (Phi) is 2.51. The third-order valence-electron chi connectivity index (χ3n) is 5.55. The maximum Gasteiger partial charge on any atom is 0.220 e. The smallest absolute Gasteiger partial charge is 0.220 e. The fourth-order valence-corrected chi connectivity index (χ4v) is 5.00. The van der Waals surface area contributed by atoms with Crippen molar-refractivity contribution in [3.05, 3.63) is 0 Å². The Hall–Kier alpha value is -0.570. The maximum absolute atomic E-state index is 11.2. The summed E-state index contributed by atoms with van der Waals surface area (Å²) in [6.07, 6.45) is 6.45. The number of carbonyl (C=O) groups excluding carboxylic acids is 1. The normalized spacial score (nSPS) is 49.3. The number of rotatable bonds is 3. The van der Waals surface area contributed by atoms with Gasteiger partial charge >= 0.3 is 0 Å². The molecule has 96 valence electrons. The lowest BCUT2D eigenvalue weighted by Crippen LogP contribution is -2.55. The second-order valence-electron chi connectivity index (χ2n) is 6.90. The summed E-state index contributed by atoms with van der Waals surface area (Å²) in [5.74, 6) is 2.50. The predicted octanol–water partition coefficient (Wildman–Crippen LogP) is 1.69. The number of hydrogen-bond acceptors (Lipinski definition) is 2. The van der Waals surface area contributed by atoms with Gasteiger partial charge in [0.05, 0.1) is 5.60 Å². The zero-order chi connectivity index (χ0) is 12.2. The molecule has 3 N–H and O–H groups in total. The summed E-state index contributed by atoms with van der Waals surface area (Å²) in [5.41, 5.74) is 5.02. The summed E-state index contributed by atoms with van der Waals surface area (Å²) in [6, 6.07) is 0. The minimum Gasteiger partial charge on any atom is -0.390 e. The number of carbonyl (C=O) groups is 1. The summed E-state index contributed by atoms with van der Waals surface area (Å²) in [5, 5.41) is 10.5. The van der Waals surface area contributed by atoms with Crippen LogP contribution in [0.15, 0.2) is 0 Å². The summed E-state index contributed by atoms with van der Waals surface area (Å²) >= 11 is 0. The lowest BCUT2D eigenvalue weighted by atomic mass is 9.49. The van der Waals surface area contributed by atoms with E-state index in [9.17, 15) is 9.90 Å². The van der Waals surface area contributed by atoms with Crippen molar-refractivity contribution in [1.29, 1.82) is 0 Å². The average molecular weight is 237 g/mol. The molecule has 0 spiro atoms. The van der Waals surface area contributed by atoms with E-state index in [1.165, 1.54) is 12.8 Å². The van der Waals surface area contributed by atoms with Crippen LogP contribution in [0, 0.1) is 29.6 Å². The van der Waals surface area contributed by atoms with Crippen LogP contribution in [-0.4, -0.2) is 16.6 Å². The van der Waals surface area contributed by atoms with Crippen LogP contribution in [0.2, 0.25) is 0 Å². The van der Waals surface area contributed by atoms with Crippen LogP contribution in [0.1, 0.15) is 45.4 Å². The highest BCUT2D eigenvalue weighted by atomic mass is 16.3. The quantitative estimate of drug-likeness (QED) is 0.784. The van der Waals surface area contributed by atoms with Gasteiger partial charge in [-0.2, -0.15) is 0 Å². The van der Waals surface area contributed by atoms with Gasteiger partial charge in [0.25, 0.3) is 0 Å². The van der Waals surface area contributed by atoms with Gasteiger partial charge in [0.15, 0.2) is 0 Å². The predicted molar refractivity (Wildman–Crippen MR) is 65.0 cm³/mol. The van der Waals surface area contributed by atoms with E-state index in [0.717, 1.165) is 31.6 Å². The molecule has 0 radical (unpaired) electrons. The molecule has 4 rings (SSSR count). The van der Waals surface area contributed by atoms with Gasteiger partial charge in [-0.25, -0.2) is 0 Å². The van der Waals surface area contributed by atoms with E-state index >= 15 is 0 Å². The van der Waals surface area contributed by atoms with Crippen LogP contribution in [0.3, 0.4) is 0 Å². The molecule has 3 heteroatoms. The molecule has 0 aromatic heterocycles. The maximum atomic E-state index is 11.2. The summed E-state index contributed by atoms with van der Waals surface area (Å²) in [7, 11) is 0. The van der Waals surface area contributed by atoms with E-state index in [-0.39, 0.29) is 17.4 Å². The second-order valence-corrected chi connectivity index (χ2v) is 6.90. The van der Waals surface area contributed by atoms with E-state index < -0.39 is 0 Å². The van der Waals surface area contributed by atoms with Crippen molar-refractivity contribution in [2.45, 2.75) is 51.0 Å². The first-order chi connectivity index (χ1) is 7.97. The van der Waals surface area contributed by atoms with Crippen molar-refractivity contribution in [2.24, 2.45) is 35.3 Å². The van der Waals surface area contributed by atoms with Crippen molar-refractivity contribution in [3.8, 4) is 0 Å². The Morgan fingerprint density at radius 3 is 2.41 bits per heavy atom. The van der Waals surface area contributed by atoms with Crippen LogP contribution in [0.5, 0.6) is 0 Å². The molecule has 17 heavy (non-hydrogen) atoms. The first kappa shape index (κ1) is 11.5. The number of aliphatic hydroxyl groups is 1. The molecular formula is C14H23NO2. The zero-order valence-corrected chi connectivity index (χ0v) is 10.6. The molecule has 4 saturated carbocycles. The van der Waals surface area contributed by atoms with E-state index in [4.69, 9.17) is 5.73 Å². The van der Waals surface area contributed by atoms with E-state index in [0.29, 0.717) is 17.8 Å². The van der Waals surface area contributed by atoms with E-state index in [1.807, 2.05) is 6.92 Å². The molecule has 0 aromatic rings. The Bertz CT molecular complexity index is 325. The average Bonchev–Trinajstić information content (AvgIpc) is 2.20. The van der Waals surface area contributed by atoms with Gasteiger partial charge in [0.2, 0.25) is 5.91 Å². The van der Waals surface area contributed by atoms with Crippen LogP contribution in [0.25, 0.3) is 0 Å². The number of nitrogens with two attached hydrogens (primary N) is 1. The lowest BCUT2D eigenvalue weighted by molar-refractivity contribution is -0.156. The fourth-order valence-electron chi connectivity index (χ4n) is 5.00. The molecule has 0 heterocycles. The summed E-state index contributed by atoms with van der Waals surface area (Å²) in [6.45, 7) is 1.95. The van der Waals surface area contributed by atoms with Gasteiger partial charge in [0, 0.05) is 5.92 Å². The topological polar surface area (TPSA) is 63.3 Å². The first-order valence-corrected chi connectivity index (χ1v) is 6.98. The van der Waals surface area contributed by atoms with Crippen molar-refractivity contribution in [3.63, 3.8) is 0 Å². The first-order valence-electron chi connectivity index (χ1n) is 6.98. The SMILES string of the molecule is CC(CC1C2CC3CC1CC(O)(C3)C2)C(N)=O. The highest BCUT2D eigenvalue weighted by molar-refractivity contribution is 5.76. The molecule has 4 aliphatic carbocycles. The van der Waals surface area contributed by atoms with E-state index in [2.05, 4.69) is 0 Å². The fraction of sp³-hybridized carbons (Fsp3) is 0.929. The molecule has 3 nitrogen and oxygen atoms in total. The van der Waals surface area contributed by atoms with Crippen molar-refractivity contribution in [2.75, 3.05) is 0 Å². The van der Waals surface area contributed by atoms with Crippen LogP contribution < -0.4 is 5.73 Å². The third-order valence-corrected chi connectivity index (χ3v) is 5.55. The number of amides is 1. The molecule has 4 bridgehead atoms. The largest absolute Gasteiger partial charge is 0.390 e. The van der Waals surface area contributed by atoms with Crippen molar-refractivity contribution < 1.29 is 9.90 Å². The molecule has 1 amide bonds. The summed E-state index contributed by atoms with van der Waals surface area (Å²) < 4.78 is 0. The minimum atomic E-state index is -0.358. The summed E-state index contributed by atoms with van der Waals surface area (Å²) in [4.78, 5) is 11.2. The molecule has 0 aliphatic heterocycles. The molecule has 3 atom stereocenters. The third kappa shape index (κ3) is 1.88. The van der Waals surface area contributed by atoms with Crippen LogP contribution >= 0.6 is 0 Å². The van der Waals surface area contributed by atoms with Crippen molar-refractivity contribution in [1.82, 2.24) is 0 Å². The van der Waals surface area contributed by atoms with Gasteiger partial charge in [-0.1, -0.05) is 6.92 Å². The highest BCUT2D eigenvalue weighted by Gasteiger charge is 2.54. The highest BCUT2D eigenvalue weighted by Crippen LogP contribution is 2.59. The monoisotopic (exact) mass is 237 g/mol. The Morgan fingerprint density at radius 1 is 1.35 bits per heavy atom. The Balaban J connectivity index is 1.74. The van der Waals surface area contributed by atoms with E-state index in [1.54, 1.807) is 0 Å². The van der Waals surface area contributed by atoms with Crippen LogP contribution in [0.4, 0.5) is 0 Å². The standard InChI is InChI=1S/C14H23NO2/c1-8(13(15)16)2-12-10-3-9-4-11(12)7-14(17,5-9)6-10/h8-12,17H,2-7H2,1H3,(H2,15,16). The molecule has 3 unspecified atom stereocenters. The zero-order valence-electron chi connectivity index (χ0n) is 10.6. The lowest BCUT2D eigenvalue weighted by Gasteiger charge is -2.58. The van der Waals surface area contributed by atoms with Crippen LogP contribution in [-0.2, 0) is 4.79 Å². The van der Waals surface area contributed by atoms with Gasteiger partial charge in [0.1, 0.15) is 0 Å². The molecular weight excluding hydrogens is 214 g/mol. The number of primary amides is 1. The second kappa shape index (κ2) is 3.71. The number of hydrogen-bond donors (Lipinski definition) is 2. The molecule has 0 saturated heterocycles. The van der Waals surface area contributed by atoms with Gasteiger partial charge < -0.3 is 10.8 Å². The van der Waals surface area contributed by atoms with Gasteiger partial charge in [-0.15, -0.1) is 0 Å². The molecule has 4 aliphatic rings.